The van der Waals surface area contributed by atoms with Crippen molar-refractivity contribution in [1.82, 2.24) is 10.3 Å². The average Bonchev–Trinajstić information content (AvgIpc) is 2.70. The number of para-hydroxylation sites is 1. The molecule has 0 saturated heterocycles. The predicted molar refractivity (Wildman–Crippen MR) is 100 cm³/mol. The zero-order valence-corrected chi connectivity index (χ0v) is 15.9. The molecule has 1 amide bonds. The van der Waals surface area contributed by atoms with Gasteiger partial charge in [-0.3, -0.25) is 10.2 Å². The Bertz CT molecular complexity index is 934. The minimum atomic E-state index is -3.89. The number of carbonyl (C=O) groups excluding carboxylic acids is 1. The summed E-state index contributed by atoms with van der Waals surface area (Å²) < 4.78 is 29.8. The third-order valence-electron chi connectivity index (χ3n) is 4.06. The predicted octanol–water partition coefficient (Wildman–Crippen LogP) is 2.46. The summed E-state index contributed by atoms with van der Waals surface area (Å²) in [5, 5.41) is 8.97. The van der Waals surface area contributed by atoms with Crippen LogP contribution in [0.3, 0.4) is 0 Å². The highest BCUT2D eigenvalue weighted by Gasteiger charge is 2.16. The molecule has 2 rings (SSSR count). The lowest BCUT2D eigenvalue weighted by Gasteiger charge is -2.12. The van der Waals surface area contributed by atoms with Gasteiger partial charge in [-0.25, -0.2) is 8.42 Å². The first-order chi connectivity index (χ1) is 12.9. The van der Waals surface area contributed by atoms with Crippen LogP contribution in [0.5, 0.6) is 5.75 Å². The van der Waals surface area contributed by atoms with E-state index in [1.165, 1.54) is 12.1 Å². The van der Waals surface area contributed by atoms with Gasteiger partial charge in [-0.1, -0.05) is 38.1 Å². The minimum Gasteiger partial charge on any atom is -0.482 e. The highest BCUT2D eigenvalue weighted by atomic mass is 32.2. The highest BCUT2D eigenvalue weighted by molar-refractivity contribution is 7.89. The number of nitrogens with zero attached hydrogens (tertiary/aromatic N) is 1. The quantitative estimate of drug-likeness (QED) is 0.677. The number of ether oxygens (including phenoxy) is 1. The van der Waals surface area contributed by atoms with E-state index in [4.69, 9.17) is 10.00 Å². The zero-order valence-electron chi connectivity index (χ0n) is 15.1. The molecule has 27 heavy (non-hydrogen) atoms. The number of nitrogens with one attached hydrogen (secondary N) is 2. The Hall–Kier alpha value is -2.89. The number of carbonyl (C=O) groups is 1. The van der Waals surface area contributed by atoms with E-state index in [-0.39, 0.29) is 16.2 Å². The fourth-order valence-corrected chi connectivity index (χ4v) is 3.12. The first kappa shape index (κ1) is 20.4. The van der Waals surface area contributed by atoms with Crippen LogP contribution in [0.2, 0.25) is 0 Å². The number of benzene rings is 2. The molecule has 2 N–H and O–H groups in total. The number of amides is 1. The van der Waals surface area contributed by atoms with E-state index in [0.29, 0.717) is 5.92 Å². The molecule has 0 saturated carbocycles. The van der Waals surface area contributed by atoms with Crippen LogP contribution in [-0.2, 0) is 14.8 Å². The normalized spacial score (nSPS) is 12.0. The molecule has 0 fully saturated rings. The summed E-state index contributed by atoms with van der Waals surface area (Å²) in [5.74, 6) is -0.107. The fourth-order valence-electron chi connectivity index (χ4n) is 2.26. The molecule has 1 atom stereocenters. The molecule has 2 aromatic carbocycles. The number of hydrogen-bond donors (Lipinski definition) is 2. The summed E-state index contributed by atoms with van der Waals surface area (Å²) in [6.07, 6.45) is 0.954. The Balaban J connectivity index is 1.92. The van der Waals surface area contributed by atoms with Gasteiger partial charge in [0.1, 0.15) is 11.8 Å². The summed E-state index contributed by atoms with van der Waals surface area (Å²) in [5.41, 5.74) is 3.42. The minimum absolute atomic E-state index is 0.0468. The first-order valence-electron chi connectivity index (χ1n) is 8.40. The van der Waals surface area contributed by atoms with E-state index < -0.39 is 22.5 Å². The van der Waals surface area contributed by atoms with Crippen molar-refractivity contribution < 1.29 is 17.9 Å². The molecule has 142 valence electrons. The summed E-state index contributed by atoms with van der Waals surface area (Å²) in [6.45, 7) is 3.68. The lowest BCUT2D eigenvalue weighted by molar-refractivity contribution is -0.123. The standard InChI is InChI=1S/C19H21N3O4S/c1-3-14(2)15-8-10-17(11-9-15)27(24,25)22-21-19(23)13-26-18-7-5-4-6-16(18)12-20/h4-11,14,22H,3,13H2,1-2H3,(H,21,23)/t14-/m0/s1. The van der Waals surface area contributed by atoms with Crippen LogP contribution in [-0.4, -0.2) is 20.9 Å². The largest absolute Gasteiger partial charge is 0.482 e. The maximum Gasteiger partial charge on any atom is 0.272 e. The molecule has 2 aromatic rings. The summed E-state index contributed by atoms with van der Waals surface area (Å²) in [7, 11) is -3.89. The van der Waals surface area contributed by atoms with Gasteiger partial charge in [-0.2, -0.15) is 5.26 Å². The molecular weight excluding hydrogens is 366 g/mol. The van der Waals surface area contributed by atoms with E-state index in [0.717, 1.165) is 12.0 Å². The van der Waals surface area contributed by atoms with Crippen molar-refractivity contribution in [2.45, 2.75) is 31.1 Å². The van der Waals surface area contributed by atoms with Crippen molar-refractivity contribution >= 4 is 15.9 Å². The van der Waals surface area contributed by atoms with Gasteiger partial charge in [0.05, 0.1) is 10.5 Å². The fraction of sp³-hybridized carbons (Fsp3) is 0.263. The number of hydrogen-bond acceptors (Lipinski definition) is 5. The molecule has 0 aromatic heterocycles. The Morgan fingerprint density at radius 2 is 1.85 bits per heavy atom. The van der Waals surface area contributed by atoms with E-state index in [1.54, 1.807) is 36.4 Å². The second kappa shape index (κ2) is 9.16. The zero-order chi connectivity index (χ0) is 19.9. The Morgan fingerprint density at radius 3 is 2.48 bits per heavy atom. The van der Waals surface area contributed by atoms with E-state index in [2.05, 4.69) is 19.3 Å². The van der Waals surface area contributed by atoms with E-state index in [9.17, 15) is 13.2 Å². The number of nitriles is 1. The summed E-state index contributed by atoms with van der Waals surface area (Å²) in [4.78, 5) is 13.9. The second-order valence-electron chi connectivity index (χ2n) is 5.93. The van der Waals surface area contributed by atoms with Gasteiger partial charge in [0.25, 0.3) is 15.9 Å². The van der Waals surface area contributed by atoms with E-state index in [1.807, 2.05) is 10.9 Å². The molecule has 0 spiro atoms. The van der Waals surface area contributed by atoms with E-state index >= 15 is 0 Å². The third kappa shape index (κ3) is 5.54. The van der Waals surface area contributed by atoms with Crippen molar-refractivity contribution in [3.05, 3.63) is 59.7 Å². The van der Waals surface area contributed by atoms with Gasteiger partial charge < -0.3 is 4.74 Å². The van der Waals surface area contributed by atoms with Gasteiger partial charge in [0.2, 0.25) is 0 Å². The highest BCUT2D eigenvalue weighted by Crippen LogP contribution is 2.20. The molecule has 8 heteroatoms. The second-order valence-corrected chi connectivity index (χ2v) is 7.61. The third-order valence-corrected chi connectivity index (χ3v) is 5.33. The van der Waals surface area contributed by atoms with Crippen LogP contribution >= 0.6 is 0 Å². The molecule has 0 radical (unpaired) electrons. The van der Waals surface area contributed by atoms with Crippen LogP contribution < -0.4 is 15.0 Å². The maximum atomic E-state index is 12.3. The van der Waals surface area contributed by atoms with Crippen molar-refractivity contribution in [3.8, 4) is 11.8 Å². The molecule has 7 nitrogen and oxygen atoms in total. The van der Waals surface area contributed by atoms with Crippen molar-refractivity contribution in [2.75, 3.05) is 6.61 Å². The lowest BCUT2D eigenvalue weighted by Crippen LogP contribution is -2.43. The monoisotopic (exact) mass is 387 g/mol. The van der Waals surface area contributed by atoms with Gasteiger partial charge in [-0.05, 0) is 42.2 Å². The summed E-state index contributed by atoms with van der Waals surface area (Å²) in [6, 6.07) is 14.9. The van der Waals surface area contributed by atoms with Crippen molar-refractivity contribution in [2.24, 2.45) is 0 Å². The molecular formula is C19H21N3O4S. The van der Waals surface area contributed by atoms with Gasteiger partial charge in [0.15, 0.2) is 6.61 Å². The first-order valence-corrected chi connectivity index (χ1v) is 9.88. The number of rotatable bonds is 8. The maximum absolute atomic E-state index is 12.3. The topological polar surface area (TPSA) is 108 Å². The Kier molecular flexibility index (Phi) is 6.93. The van der Waals surface area contributed by atoms with Crippen LogP contribution in [0.15, 0.2) is 53.4 Å². The average molecular weight is 387 g/mol. The Labute approximate surface area is 159 Å². The number of hydrazine groups is 1. The van der Waals surface area contributed by atoms with Crippen LogP contribution in [0.1, 0.15) is 37.3 Å². The lowest BCUT2D eigenvalue weighted by atomic mass is 9.99. The molecule has 0 bridgehead atoms. The van der Waals surface area contributed by atoms with Crippen molar-refractivity contribution in [1.29, 1.82) is 5.26 Å². The van der Waals surface area contributed by atoms with Gasteiger partial charge in [-0.15, -0.1) is 4.83 Å². The van der Waals surface area contributed by atoms with Crippen LogP contribution in [0, 0.1) is 11.3 Å². The SMILES string of the molecule is CC[C@H](C)c1ccc(S(=O)(=O)NNC(=O)COc2ccccc2C#N)cc1. The molecule has 0 unspecified atom stereocenters. The Morgan fingerprint density at radius 1 is 1.19 bits per heavy atom. The van der Waals surface area contributed by atoms with Crippen molar-refractivity contribution in [3.63, 3.8) is 0 Å². The molecule has 0 heterocycles. The smallest absolute Gasteiger partial charge is 0.272 e. The molecule has 0 aliphatic heterocycles. The van der Waals surface area contributed by atoms with Gasteiger partial charge in [0, 0.05) is 0 Å². The summed E-state index contributed by atoms with van der Waals surface area (Å²) >= 11 is 0. The molecule has 0 aliphatic rings. The van der Waals surface area contributed by atoms with Crippen LogP contribution in [0.25, 0.3) is 0 Å². The number of sulfonamides is 1. The van der Waals surface area contributed by atoms with Crippen LogP contribution in [0.4, 0.5) is 0 Å². The van der Waals surface area contributed by atoms with Gasteiger partial charge >= 0.3 is 0 Å². The molecule has 0 aliphatic carbocycles.